The van der Waals surface area contributed by atoms with Crippen LogP contribution in [0, 0.1) is 22.7 Å². The first kappa shape index (κ1) is 15.8. The third kappa shape index (κ3) is 3.72. The number of aliphatic hydroxyl groups excluding tert-OH is 1. The van der Waals surface area contributed by atoms with Gasteiger partial charge in [-0.25, -0.2) is 0 Å². The van der Waals surface area contributed by atoms with E-state index in [1.165, 1.54) is 0 Å². The van der Waals surface area contributed by atoms with Gasteiger partial charge < -0.3 is 5.11 Å². The van der Waals surface area contributed by atoms with Crippen LogP contribution in [0.5, 0.6) is 0 Å². The second-order valence-electron chi connectivity index (χ2n) is 6.26. The van der Waals surface area contributed by atoms with Gasteiger partial charge in [-0.05, 0) is 24.3 Å². The normalized spacial score (nSPS) is 27.8. The van der Waals surface area contributed by atoms with E-state index in [-0.39, 0.29) is 24.1 Å². The number of benzene rings is 1. The summed E-state index contributed by atoms with van der Waals surface area (Å²) in [7, 11) is 0. The van der Waals surface area contributed by atoms with Crippen LogP contribution < -0.4 is 5.32 Å². The lowest BCUT2D eigenvalue weighted by Gasteiger charge is -2.37. The molecule has 0 fully saturated rings. The summed E-state index contributed by atoms with van der Waals surface area (Å²) in [6.45, 7) is 4.31. The van der Waals surface area contributed by atoms with Crippen molar-refractivity contribution >= 4 is 0 Å². The van der Waals surface area contributed by atoms with E-state index >= 15 is 0 Å². The van der Waals surface area contributed by atoms with Crippen molar-refractivity contribution in [3.63, 3.8) is 0 Å². The Hall–Kier alpha value is -1.63. The maximum Gasteiger partial charge on any atom is 0.105 e. The van der Waals surface area contributed by atoms with Crippen molar-refractivity contribution in [1.29, 1.82) is 5.26 Å². The molecule has 1 aromatic carbocycles. The van der Waals surface area contributed by atoms with Gasteiger partial charge in [0.15, 0.2) is 0 Å². The van der Waals surface area contributed by atoms with E-state index < -0.39 is 0 Å². The molecule has 1 aromatic rings. The Kier molecular flexibility index (Phi) is 5.17. The van der Waals surface area contributed by atoms with Gasteiger partial charge in [-0.2, -0.15) is 5.26 Å². The smallest absolute Gasteiger partial charge is 0.105 e. The fourth-order valence-corrected chi connectivity index (χ4v) is 2.86. The van der Waals surface area contributed by atoms with Crippen molar-refractivity contribution in [3.8, 4) is 6.07 Å². The highest BCUT2D eigenvalue weighted by molar-refractivity contribution is 5.21. The summed E-state index contributed by atoms with van der Waals surface area (Å²) >= 11 is 0. The van der Waals surface area contributed by atoms with Crippen LogP contribution in [-0.4, -0.2) is 17.8 Å². The number of rotatable bonds is 5. The fourth-order valence-electron chi connectivity index (χ4n) is 2.86. The monoisotopic (exact) mass is 284 g/mol. The summed E-state index contributed by atoms with van der Waals surface area (Å²) in [4.78, 5) is 0. The standard InChI is InChI=1S/C18H24N2O/c1-14-8-10-18(2,11-9-14)17(12-19)20-16(13-21)15-6-4-3-5-7-15/h3-8,10,14,16-17,20-21H,9,11,13H2,1-2H3/t14?,16-,17+,18?/m0/s1. The van der Waals surface area contributed by atoms with Gasteiger partial charge in [-0.1, -0.05) is 56.3 Å². The molecule has 2 N–H and O–H groups in total. The highest BCUT2D eigenvalue weighted by atomic mass is 16.3. The molecule has 0 saturated carbocycles. The maximum absolute atomic E-state index is 9.66. The SMILES string of the molecule is CC1C=CC(C)([C@@H](C#N)N[C@@H](CO)c2ccccc2)CC1. The maximum atomic E-state index is 9.66. The van der Waals surface area contributed by atoms with Gasteiger partial charge in [0.1, 0.15) is 6.04 Å². The van der Waals surface area contributed by atoms with Gasteiger partial charge >= 0.3 is 0 Å². The highest BCUT2D eigenvalue weighted by Crippen LogP contribution is 2.36. The second kappa shape index (κ2) is 6.89. The highest BCUT2D eigenvalue weighted by Gasteiger charge is 2.35. The summed E-state index contributed by atoms with van der Waals surface area (Å²) in [6.07, 6.45) is 6.46. The van der Waals surface area contributed by atoms with Crippen LogP contribution in [0.1, 0.15) is 38.3 Å². The zero-order chi connectivity index (χ0) is 15.3. The third-order valence-corrected chi connectivity index (χ3v) is 4.48. The molecular formula is C18H24N2O. The van der Waals surface area contributed by atoms with Crippen LogP contribution in [0.3, 0.4) is 0 Å². The predicted octanol–water partition coefficient (Wildman–Crippen LogP) is 3.19. The topological polar surface area (TPSA) is 56.0 Å². The van der Waals surface area contributed by atoms with E-state index in [1.54, 1.807) is 0 Å². The Morgan fingerprint density at radius 2 is 2.14 bits per heavy atom. The number of hydrogen-bond donors (Lipinski definition) is 2. The van der Waals surface area contributed by atoms with Crippen LogP contribution >= 0.6 is 0 Å². The first-order valence-electron chi connectivity index (χ1n) is 7.60. The number of nitriles is 1. The third-order valence-electron chi connectivity index (χ3n) is 4.48. The van der Waals surface area contributed by atoms with Crippen molar-refractivity contribution in [2.45, 2.75) is 38.8 Å². The summed E-state index contributed by atoms with van der Waals surface area (Å²) in [5.41, 5.74) is 0.834. The molecule has 1 aliphatic rings. The molecule has 0 aliphatic heterocycles. The first-order valence-corrected chi connectivity index (χ1v) is 7.60. The van der Waals surface area contributed by atoms with Gasteiger partial charge in [-0.3, -0.25) is 5.32 Å². The van der Waals surface area contributed by atoms with Crippen LogP contribution in [0.4, 0.5) is 0 Å². The molecule has 1 aliphatic carbocycles. The lowest BCUT2D eigenvalue weighted by Crippen LogP contribution is -2.45. The Balaban J connectivity index is 2.15. The predicted molar refractivity (Wildman–Crippen MR) is 84.5 cm³/mol. The Morgan fingerprint density at radius 3 is 2.67 bits per heavy atom. The van der Waals surface area contributed by atoms with E-state index in [9.17, 15) is 10.4 Å². The Labute approximate surface area is 127 Å². The van der Waals surface area contributed by atoms with E-state index in [2.05, 4.69) is 37.4 Å². The minimum absolute atomic E-state index is 0.0155. The molecule has 21 heavy (non-hydrogen) atoms. The molecule has 0 aromatic heterocycles. The molecule has 4 atom stereocenters. The molecule has 3 heteroatoms. The van der Waals surface area contributed by atoms with Crippen molar-refractivity contribution in [2.75, 3.05) is 6.61 Å². The van der Waals surface area contributed by atoms with Crippen molar-refractivity contribution in [3.05, 3.63) is 48.0 Å². The van der Waals surface area contributed by atoms with Gasteiger partial charge in [0, 0.05) is 5.41 Å². The largest absolute Gasteiger partial charge is 0.394 e. The molecule has 0 amide bonds. The molecule has 0 saturated heterocycles. The lowest BCUT2D eigenvalue weighted by atomic mass is 9.72. The van der Waals surface area contributed by atoms with Crippen LogP contribution in [0.15, 0.2) is 42.5 Å². The number of hydrogen-bond acceptors (Lipinski definition) is 3. The summed E-state index contributed by atoms with van der Waals surface area (Å²) < 4.78 is 0. The number of nitrogens with one attached hydrogen (secondary N) is 1. The van der Waals surface area contributed by atoms with Crippen LogP contribution in [0.25, 0.3) is 0 Å². The first-order chi connectivity index (χ1) is 10.1. The average molecular weight is 284 g/mol. The zero-order valence-electron chi connectivity index (χ0n) is 12.8. The molecule has 3 nitrogen and oxygen atoms in total. The van der Waals surface area contributed by atoms with Gasteiger partial charge in [-0.15, -0.1) is 0 Å². The zero-order valence-corrected chi connectivity index (χ0v) is 12.8. The molecule has 0 bridgehead atoms. The van der Waals surface area contributed by atoms with Crippen molar-refractivity contribution < 1.29 is 5.11 Å². The minimum Gasteiger partial charge on any atom is -0.394 e. The molecule has 112 valence electrons. The fraction of sp³-hybridized carbons (Fsp3) is 0.500. The van der Waals surface area contributed by atoms with Gasteiger partial charge in [0.25, 0.3) is 0 Å². The van der Waals surface area contributed by atoms with Gasteiger partial charge in [0.05, 0.1) is 18.7 Å². The van der Waals surface area contributed by atoms with E-state index in [1.807, 2.05) is 30.3 Å². The second-order valence-corrected chi connectivity index (χ2v) is 6.26. The molecule has 0 radical (unpaired) electrons. The van der Waals surface area contributed by atoms with Gasteiger partial charge in [0.2, 0.25) is 0 Å². The van der Waals surface area contributed by atoms with Crippen LogP contribution in [0.2, 0.25) is 0 Å². The van der Waals surface area contributed by atoms with E-state index in [4.69, 9.17) is 0 Å². The summed E-state index contributed by atoms with van der Waals surface area (Å²) in [5.74, 6) is 0.583. The summed E-state index contributed by atoms with van der Waals surface area (Å²) in [5, 5.41) is 22.6. The number of aliphatic hydroxyl groups is 1. The van der Waals surface area contributed by atoms with Crippen molar-refractivity contribution in [2.24, 2.45) is 11.3 Å². The van der Waals surface area contributed by atoms with E-state index in [0.29, 0.717) is 5.92 Å². The number of nitrogens with zero attached hydrogens (tertiary/aromatic N) is 1. The van der Waals surface area contributed by atoms with E-state index in [0.717, 1.165) is 18.4 Å². The Morgan fingerprint density at radius 1 is 1.43 bits per heavy atom. The average Bonchev–Trinajstić information content (AvgIpc) is 2.52. The van der Waals surface area contributed by atoms with Crippen LogP contribution in [-0.2, 0) is 0 Å². The lowest BCUT2D eigenvalue weighted by molar-refractivity contribution is 0.203. The Bertz CT molecular complexity index is 520. The minimum atomic E-state index is -0.307. The molecule has 0 spiro atoms. The molecular weight excluding hydrogens is 260 g/mol. The molecule has 0 heterocycles. The molecule has 2 unspecified atom stereocenters. The number of allylic oxidation sites excluding steroid dienone is 1. The van der Waals surface area contributed by atoms with Crippen molar-refractivity contribution in [1.82, 2.24) is 5.32 Å². The molecule has 2 rings (SSSR count). The summed E-state index contributed by atoms with van der Waals surface area (Å²) in [6, 6.07) is 11.7. The quantitative estimate of drug-likeness (QED) is 0.816.